The van der Waals surface area contributed by atoms with Crippen LogP contribution in [0.25, 0.3) is 0 Å². The molecule has 3 nitrogen and oxygen atoms in total. The maximum absolute atomic E-state index is 13.7. The second-order valence-corrected chi connectivity index (χ2v) is 9.11. The molecular formula is C30H35NO2. The van der Waals surface area contributed by atoms with Crippen LogP contribution in [0.5, 0.6) is 0 Å². The zero-order valence-corrected chi connectivity index (χ0v) is 19.6. The third-order valence-electron chi connectivity index (χ3n) is 7.01. The van der Waals surface area contributed by atoms with E-state index in [2.05, 4.69) is 53.8 Å². The Kier molecular flexibility index (Phi) is 7.83. The van der Waals surface area contributed by atoms with Crippen molar-refractivity contribution in [3.8, 4) is 0 Å². The molecule has 1 fully saturated rings. The van der Waals surface area contributed by atoms with Crippen LogP contribution in [0.4, 0.5) is 5.69 Å². The molecule has 0 aromatic heterocycles. The summed E-state index contributed by atoms with van der Waals surface area (Å²) in [5, 5.41) is 3.62. The van der Waals surface area contributed by atoms with Gasteiger partial charge in [-0.05, 0) is 42.5 Å². The van der Waals surface area contributed by atoms with Crippen LogP contribution in [0, 0.1) is 5.92 Å². The summed E-state index contributed by atoms with van der Waals surface area (Å²) < 4.78 is 5.71. The number of nitrogens with one attached hydrogen (secondary N) is 1. The van der Waals surface area contributed by atoms with Crippen LogP contribution in [0.15, 0.2) is 91.0 Å². The zero-order chi connectivity index (χ0) is 22.9. The molecule has 1 unspecified atom stereocenters. The standard InChI is InChI=1S/C30H35NO2/c1-2-33-29(32)28(31-27-21-13-6-14-22-27)30(25-17-9-4-10-18-25,26-19-11-5-12-20-26)23-24-15-7-3-8-16-24/h4-6,9-14,17-22,24,28,31H,2-3,7-8,15-16,23H2,1H3. The molecule has 1 atom stereocenters. The molecule has 3 aromatic rings. The molecular weight excluding hydrogens is 406 g/mol. The minimum atomic E-state index is -0.549. The zero-order valence-electron chi connectivity index (χ0n) is 19.6. The van der Waals surface area contributed by atoms with E-state index in [0.29, 0.717) is 12.5 Å². The molecule has 0 aliphatic heterocycles. The lowest BCUT2D eigenvalue weighted by Gasteiger charge is -2.44. The highest BCUT2D eigenvalue weighted by molar-refractivity contribution is 5.83. The molecule has 3 aromatic carbocycles. The predicted octanol–water partition coefficient (Wildman–Crippen LogP) is 6.99. The van der Waals surface area contributed by atoms with Gasteiger partial charge in [-0.3, -0.25) is 0 Å². The van der Waals surface area contributed by atoms with Gasteiger partial charge in [0.05, 0.1) is 12.0 Å². The van der Waals surface area contributed by atoms with Crippen LogP contribution in [-0.4, -0.2) is 18.6 Å². The Hall–Kier alpha value is -3.07. The van der Waals surface area contributed by atoms with Crippen molar-refractivity contribution in [3.05, 3.63) is 102 Å². The molecule has 1 aliphatic carbocycles. The lowest BCUT2D eigenvalue weighted by molar-refractivity contribution is -0.145. The number of benzene rings is 3. The molecule has 172 valence electrons. The van der Waals surface area contributed by atoms with Crippen LogP contribution in [-0.2, 0) is 14.9 Å². The van der Waals surface area contributed by atoms with E-state index in [-0.39, 0.29) is 5.97 Å². The summed E-state index contributed by atoms with van der Waals surface area (Å²) in [7, 11) is 0. The fraction of sp³-hybridized carbons (Fsp3) is 0.367. The number of para-hydroxylation sites is 1. The molecule has 1 saturated carbocycles. The van der Waals surface area contributed by atoms with Crippen LogP contribution in [0.1, 0.15) is 56.6 Å². The lowest BCUT2D eigenvalue weighted by Crippen LogP contribution is -2.52. The number of hydrogen-bond donors (Lipinski definition) is 1. The van der Waals surface area contributed by atoms with Gasteiger partial charge in [0.1, 0.15) is 6.04 Å². The number of ether oxygens (including phenoxy) is 1. The first kappa shape index (κ1) is 23.1. The Morgan fingerprint density at radius 3 is 1.88 bits per heavy atom. The summed E-state index contributed by atoms with van der Waals surface area (Å²) in [4.78, 5) is 13.7. The second kappa shape index (κ2) is 11.2. The first-order chi connectivity index (χ1) is 16.2. The summed E-state index contributed by atoms with van der Waals surface area (Å²) >= 11 is 0. The van der Waals surface area contributed by atoms with Crippen LogP contribution in [0.2, 0.25) is 0 Å². The summed E-state index contributed by atoms with van der Waals surface area (Å²) in [5.41, 5.74) is 2.69. The van der Waals surface area contributed by atoms with Gasteiger partial charge in [-0.1, -0.05) is 111 Å². The molecule has 4 rings (SSSR count). The van der Waals surface area contributed by atoms with E-state index in [0.717, 1.165) is 23.2 Å². The van der Waals surface area contributed by atoms with E-state index >= 15 is 0 Å². The van der Waals surface area contributed by atoms with E-state index in [4.69, 9.17) is 4.74 Å². The Bertz CT molecular complexity index is 942. The first-order valence-electron chi connectivity index (χ1n) is 12.3. The normalized spacial score (nSPS) is 15.5. The van der Waals surface area contributed by atoms with Gasteiger partial charge in [-0.2, -0.15) is 0 Å². The highest BCUT2D eigenvalue weighted by Gasteiger charge is 2.48. The molecule has 1 N–H and O–H groups in total. The largest absolute Gasteiger partial charge is 0.464 e. The molecule has 0 bridgehead atoms. The molecule has 0 radical (unpaired) electrons. The SMILES string of the molecule is CCOC(=O)C(Nc1ccccc1)C(CC1CCCCC1)(c1ccccc1)c1ccccc1. The van der Waals surface area contributed by atoms with Crippen LogP contribution < -0.4 is 5.32 Å². The Balaban J connectivity index is 1.91. The summed E-state index contributed by atoms with van der Waals surface area (Å²) in [6.45, 7) is 2.24. The quantitative estimate of drug-likeness (QED) is 0.364. The maximum Gasteiger partial charge on any atom is 0.329 e. The van der Waals surface area contributed by atoms with E-state index in [1.54, 1.807) is 0 Å². The molecule has 0 amide bonds. The van der Waals surface area contributed by atoms with Crippen LogP contribution in [0.3, 0.4) is 0 Å². The number of anilines is 1. The Morgan fingerprint density at radius 2 is 1.36 bits per heavy atom. The fourth-order valence-electron chi connectivity index (χ4n) is 5.48. The van der Waals surface area contributed by atoms with Gasteiger partial charge >= 0.3 is 5.97 Å². The van der Waals surface area contributed by atoms with Crippen molar-refractivity contribution in [2.75, 3.05) is 11.9 Å². The minimum Gasteiger partial charge on any atom is -0.464 e. The Labute approximate surface area is 198 Å². The molecule has 3 heteroatoms. The molecule has 33 heavy (non-hydrogen) atoms. The maximum atomic E-state index is 13.7. The second-order valence-electron chi connectivity index (χ2n) is 9.11. The monoisotopic (exact) mass is 441 g/mol. The van der Waals surface area contributed by atoms with Gasteiger partial charge in [-0.25, -0.2) is 4.79 Å². The van der Waals surface area contributed by atoms with Gasteiger partial charge in [0.25, 0.3) is 0 Å². The number of rotatable bonds is 9. The van der Waals surface area contributed by atoms with Gasteiger partial charge in [0, 0.05) is 5.69 Å². The van der Waals surface area contributed by atoms with E-state index in [1.807, 2.05) is 49.4 Å². The smallest absolute Gasteiger partial charge is 0.329 e. The number of carbonyl (C=O) groups excluding carboxylic acids is 1. The van der Waals surface area contributed by atoms with Gasteiger partial charge in [-0.15, -0.1) is 0 Å². The molecule has 0 spiro atoms. The van der Waals surface area contributed by atoms with E-state index < -0.39 is 11.5 Å². The predicted molar refractivity (Wildman–Crippen MR) is 135 cm³/mol. The fourth-order valence-corrected chi connectivity index (χ4v) is 5.48. The summed E-state index contributed by atoms with van der Waals surface area (Å²) in [6.07, 6.45) is 7.17. The van der Waals surface area contributed by atoms with Crippen molar-refractivity contribution in [2.45, 2.75) is 56.9 Å². The number of carbonyl (C=O) groups is 1. The summed E-state index contributed by atoms with van der Waals surface area (Å²) in [6, 6.07) is 30.6. The van der Waals surface area contributed by atoms with Gasteiger partial charge < -0.3 is 10.1 Å². The third kappa shape index (κ3) is 5.30. The molecule has 0 heterocycles. The van der Waals surface area contributed by atoms with Crippen molar-refractivity contribution in [1.29, 1.82) is 0 Å². The van der Waals surface area contributed by atoms with Crippen molar-refractivity contribution in [2.24, 2.45) is 5.92 Å². The first-order valence-corrected chi connectivity index (χ1v) is 12.3. The van der Waals surface area contributed by atoms with Gasteiger partial charge in [0.15, 0.2) is 0 Å². The summed E-state index contributed by atoms with van der Waals surface area (Å²) in [5.74, 6) is 0.360. The lowest BCUT2D eigenvalue weighted by atomic mass is 9.62. The van der Waals surface area contributed by atoms with E-state index in [9.17, 15) is 4.79 Å². The molecule has 0 saturated heterocycles. The highest BCUT2D eigenvalue weighted by Crippen LogP contribution is 2.45. The topological polar surface area (TPSA) is 38.3 Å². The van der Waals surface area contributed by atoms with Crippen molar-refractivity contribution in [1.82, 2.24) is 0 Å². The van der Waals surface area contributed by atoms with E-state index in [1.165, 1.54) is 32.1 Å². The van der Waals surface area contributed by atoms with Gasteiger partial charge in [0.2, 0.25) is 0 Å². The van der Waals surface area contributed by atoms with Crippen LogP contribution >= 0.6 is 0 Å². The number of hydrogen-bond acceptors (Lipinski definition) is 3. The van der Waals surface area contributed by atoms with Crippen molar-refractivity contribution in [3.63, 3.8) is 0 Å². The Morgan fingerprint density at radius 1 is 0.848 bits per heavy atom. The average Bonchev–Trinajstić information content (AvgIpc) is 2.88. The van der Waals surface area contributed by atoms with Crippen molar-refractivity contribution >= 4 is 11.7 Å². The number of esters is 1. The van der Waals surface area contributed by atoms with Crippen molar-refractivity contribution < 1.29 is 9.53 Å². The minimum absolute atomic E-state index is 0.204. The average molecular weight is 442 g/mol. The third-order valence-corrected chi connectivity index (χ3v) is 7.01. The highest BCUT2D eigenvalue weighted by atomic mass is 16.5. The molecule has 1 aliphatic rings.